The highest BCUT2D eigenvalue weighted by Gasteiger charge is 2.15. The number of nitrogens with one attached hydrogen (secondary N) is 1. The van der Waals surface area contributed by atoms with E-state index in [-0.39, 0.29) is 5.91 Å². The molecule has 0 spiro atoms. The predicted molar refractivity (Wildman–Crippen MR) is 81.0 cm³/mol. The van der Waals surface area contributed by atoms with Crippen LogP contribution in [0.5, 0.6) is 11.5 Å². The first-order valence-corrected chi connectivity index (χ1v) is 7.15. The van der Waals surface area contributed by atoms with Gasteiger partial charge in [-0.05, 0) is 31.4 Å². The van der Waals surface area contributed by atoms with Crippen LogP contribution in [0.15, 0.2) is 12.1 Å². The smallest absolute Gasteiger partial charge is 0.251 e. The van der Waals surface area contributed by atoms with E-state index in [1.807, 2.05) is 6.92 Å². The number of amides is 1. The molecule has 0 aliphatic carbocycles. The molecule has 1 aromatic carbocycles. The van der Waals surface area contributed by atoms with E-state index < -0.39 is 0 Å². The third-order valence-corrected chi connectivity index (χ3v) is 3.05. The van der Waals surface area contributed by atoms with Crippen molar-refractivity contribution in [3.05, 3.63) is 22.7 Å². The number of benzene rings is 1. The lowest BCUT2D eigenvalue weighted by molar-refractivity contribution is 0.0955. The zero-order valence-electron chi connectivity index (χ0n) is 12.5. The van der Waals surface area contributed by atoms with Crippen molar-refractivity contribution < 1.29 is 14.3 Å². The lowest BCUT2D eigenvalue weighted by Gasteiger charge is -2.14. The van der Waals surface area contributed by atoms with Crippen LogP contribution in [-0.4, -0.2) is 26.2 Å². The van der Waals surface area contributed by atoms with Crippen molar-refractivity contribution in [3.8, 4) is 11.5 Å². The summed E-state index contributed by atoms with van der Waals surface area (Å²) in [4.78, 5) is 11.8. The Bertz CT molecular complexity index is 461. The molecule has 0 atom stereocenters. The first kappa shape index (κ1) is 16.6. The Hall–Kier alpha value is -1.42. The van der Waals surface area contributed by atoms with Crippen molar-refractivity contribution in [3.63, 3.8) is 0 Å². The van der Waals surface area contributed by atoms with Gasteiger partial charge in [0.2, 0.25) is 0 Å². The van der Waals surface area contributed by atoms with Gasteiger partial charge in [-0.3, -0.25) is 4.79 Å². The summed E-state index contributed by atoms with van der Waals surface area (Å²) in [6, 6.07) is 3.24. The molecular weight excluding hydrogens is 278 g/mol. The Balaban J connectivity index is 2.93. The van der Waals surface area contributed by atoms with E-state index in [1.54, 1.807) is 12.1 Å². The van der Waals surface area contributed by atoms with Gasteiger partial charge in [0.15, 0.2) is 11.5 Å². The monoisotopic (exact) mass is 299 g/mol. The first-order chi connectivity index (χ1) is 9.49. The van der Waals surface area contributed by atoms with E-state index in [4.69, 9.17) is 21.1 Å². The van der Waals surface area contributed by atoms with E-state index >= 15 is 0 Å². The van der Waals surface area contributed by atoms with Crippen LogP contribution < -0.4 is 14.8 Å². The van der Waals surface area contributed by atoms with Gasteiger partial charge in [-0.25, -0.2) is 0 Å². The zero-order valence-corrected chi connectivity index (χ0v) is 13.2. The molecule has 0 aliphatic rings. The van der Waals surface area contributed by atoms with Crippen molar-refractivity contribution >= 4 is 17.5 Å². The summed E-state index contributed by atoms with van der Waals surface area (Å²) >= 11 is 6.19. The van der Waals surface area contributed by atoms with Crippen LogP contribution in [0.2, 0.25) is 5.02 Å². The van der Waals surface area contributed by atoms with Crippen LogP contribution in [0.1, 0.15) is 37.6 Å². The second kappa shape index (κ2) is 8.00. The maximum Gasteiger partial charge on any atom is 0.251 e. The molecule has 1 rings (SSSR count). The molecule has 4 nitrogen and oxygen atoms in total. The van der Waals surface area contributed by atoms with Crippen molar-refractivity contribution in [1.82, 2.24) is 5.32 Å². The van der Waals surface area contributed by atoms with Gasteiger partial charge >= 0.3 is 0 Å². The molecule has 1 aromatic rings. The van der Waals surface area contributed by atoms with Crippen LogP contribution in [0, 0.1) is 5.92 Å². The van der Waals surface area contributed by atoms with Gasteiger partial charge in [0.1, 0.15) is 0 Å². The van der Waals surface area contributed by atoms with Crippen molar-refractivity contribution in [1.29, 1.82) is 0 Å². The average Bonchev–Trinajstić information content (AvgIpc) is 2.39. The minimum atomic E-state index is -0.179. The Morgan fingerprint density at radius 2 is 2.10 bits per heavy atom. The van der Waals surface area contributed by atoms with Crippen LogP contribution in [0.25, 0.3) is 0 Å². The molecule has 0 bridgehead atoms. The number of carbonyl (C=O) groups excluding carboxylic acids is 1. The lowest BCUT2D eigenvalue weighted by atomic mass is 10.1. The van der Waals surface area contributed by atoms with E-state index in [0.717, 1.165) is 6.42 Å². The Labute approximate surface area is 125 Å². The normalized spacial score (nSPS) is 10.5. The van der Waals surface area contributed by atoms with Gasteiger partial charge in [-0.1, -0.05) is 25.4 Å². The van der Waals surface area contributed by atoms with Crippen LogP contribution in [0.3, 0.4) is 0 Å². The summed E-state index contributed by atoms with van der Waals surface area (Å²) in [5.74, 6) is 1.33. The minimum Gasteiger partial charge on any atom is -0.493 e. The van der Waals surface area contributed by atoms with Gasteiger partial charge in [-0.15, -0.1) is 0 Å². The molecular formula is C15H22ClNO3. The summed E-state index contributed by atoms with van der Waals surface area (Å²) in [5.41, 5.74) is 0.463. The minimum absolute atomic E-state index is 0.179. The maximum absolute atomic E-state index is 11.8. The maximum atomic E-state index is 11.8. The number of ether oxygens (including phenoxy) is 2. The summed E-state index contributed by atoms with van der Waals surface area (Å²) in [6.07, 6.45) is 0.928. The van der Waals surface area contributed by atoms with Crippen molar-refractivity contribution in [2.24, 2.45) is 5.92 Å². The Morgan fingerprint density at radius 3 is 2.65 bits per heavy atom. The van der Waals surface area contributed by atoms with Gasteiger partial charge in [-0.2, -0.15) is 0 Å². The largest absolute Gasteiger partial charge is 0.493 e. The van der Waals surface area contributed by atoms with Crippen LogP contribution in [-0.2, 0) is 0 Å². The SMILES string of the molecule is CCNC(=O)c1cc(Cl)c(OCCC(C)C)c(OC)c1. The number of methoxy groups -OCH3 is 1. The highest BCUT2D eigenvalue weighted by atomic mass is 35.5. The van der Waals surface area contributed by atoms with E-state index in [9.17, 15) is 4.79 Å². The second-order valence-electron chi connectivity index (χ2n) is 4.88. The number of hydrogen-bond acceptors (Lipinski definition) is 3. The van der Waals surface area contributed by atoms with E-state index in [0.29, 0.717) is 41.2 Å². The summed E-state index contributed by atoms with van der Waals surface area (Å²) < 4.78 is 10.9. The predicted octanol–water partition coefficient (Wildman–Crippen LogP) is 3.52. The second-order valence-corrected chi connectivity index (χ2v) is 5.29. The average molecular weight is 300 g/mol. The molecule has 1 amide bonds. The van der Waals surface area contributed by atoms with Crippen molar-refractivity contribution in [2.75, 3.05) is 20.3 Å². The molecule has 0 aliphatic heterocycles. The number of rotatable bonds is 7. The molecule has 0 saturated carbocycles. The standard InChI is InChI=1S/C15H22ClNO3/c1-5-17-15(18)11-8-12(16)14(13(9-11)19-4)20-7-6-10(2)3/h8-10H,5-7H2,1-4H3,(H,17,18). The quantitative estimate of drug-likeness (QED) is 0.838. The molecule has 5 heteroatoms. The summed E-state index contributed by atoms with van der Waals surface area (Å²) in [6.45, 7) is 7.24. The molecule has 0 aromatic heterocycles. The van der Waals surface area contributed by atoms with Crippen LogP contribution in [0.4, 0.5) is 0 Å². The topological polar surface area (TPSA) is 47.6 Å². The fourth-order valence-corrected chi connectivity index (χ4v) is 1.92. The third-order valence-electron chi connectivity index (χ3n) is 2.77. The molecule has 20 heavy (non-hydrogen) atoms. The van der Waals surface area contributed by atoms with E-state index in [2.05, 4.69) is 19.2 Å². The highest BCUT2D eigenvalue weighted by Crippen LogP contribution is 2.36. The Morgan fingerprint density at radius 1 is 1.40 bits per heavy atom. The fraction of sp³-hybridized carbons (Fsp3) is 0.533. The molecule has 0 unspecified atom stereocenters. The molecule has 0 heterocycles. The summed E-state index contributed by atoms with van der Waals surface area (Å²) in [5, 5.41) is 3.11. The highest BCUT2D eigenvalue weighted by molar-refractivity contribution is 6.32. The molecule has 0 fully saturated rings. The lowest BCUT2D eigenvalue weighted by Crippen LogP contribution is -2.22. The molecule has 1 N–H and O–H groups in total. The van der Waals surface area contributed by atoms with Crippen molar-refractivity contribution in [2.45, 2.75) is 27.2 Å². The number of carbonyl (C=O) groups is 1. The van der Waals surface area contributed by atoms with Gasteiger partial charge in [0, 0.05) is 12.1 Å². The fourth-order valence-electron chi connectivity index (χ4n) is 1.65. The number of halogens is 1. The first-order valence-electron chi connectivity index (χ1n) is 6.78. The van der Waals surface area contributed by atoms with Gasteiger partial charge < -0.3 is 14.8 Å². The number of hydrogen-bond donors (Lipinski definition) is 1. The van der Waals surface area contributed by atoms with Gasteiger partial charge in [0.25, 0.3) is 5.91 Å². The molecule has 112 valence electrons. The van der Waals surface area contributed by atoms with Crippen LogP contribution >= 0.6 is 11.6 Å². The molecule has 0 radical (unpaired) electrons. The van der Waals surface area contributed by atoms with E-state index in [1.165, 1.54) is 7.11 Å². The van der Waals surface area contributed by atoms with Gasteiger partial charge in [0.05, 0.1) is 18.7 Å². The molecule has 0 saturated heterocycles. The third kappa shape index (κ3) is 4.60. The Kier molecular flexibility index (Phi) is 6.65. The summed E-state index contributed by atoms with van der Waals surface area (Å²) in [7, 11) is 1.53. The zero-order chi connectivity index (χ0) is 15.1.